The topological polar surface area (TPSA) is 90.4 Å². The van der Waals surface area contributed by atoms with Crippen molar-refractivity contribution in [3.8, 4) is 56.4 Å². The summed E-state index contributed by atoms with van der Waals surface area (Å²) < 4.78 is 31.2. The maximum atomic E-state index is 13.3. The maximum Gasteiger partial charge on any atom is 0.123 e. The summed E-state index contributed by atoms with van der Waals surface area (Å²) in [5.41, 5.74) is 9.40. The average Bonchev–Trinajstić information content (AvgIpc) is 3.83. The van der Waals surface area contributed by atoms with Crippen LogP contribution >= 0.6 is 15.9 Å². The molecule has 0 aliphatic carbocycles. The van der Waals surface area contributed by atoms with E-state index in [2.05, 4.69) is 46.5 Å². The third-order valence-corrected chi connectivity index (χ3v) is 8.69. The Labute approximate surface area is 307 Å². The Kier molecular flexibility index (Phi) is 9.98. The van der Waals surface area contributed by atoms with E-state index in [0.29, 0.717) is 11.4 Å². The number of halogens is 3. The van der Waals surface area contributed by atoms with E-state index in [1.165, 1.54) is 24.3 Å². The predicted molar refractivity (Wildman–Crippen MR) is 202 cm³/mol. The van der Waals surface area contributed by atoms with Crippen molar-refractivity contribution in [2.45, 2.75) is 0 Å². The summed E-state index contributed by atoms with van der Waals surface area (Å²) in [6.45, 7) is 0. The highest BCUT2D eigenvalue weighted by molar-refractivity contribution is 9.10. The van der Waals surface area contributed by atoms with Gasteiger partial charge in [0.05, 0.1) is 11.4 Å². The molecule has 256 valence electrons. The minimum atomic E-state index is -0.283. The fourth-order valence-electron chi connectivity index (χ4n) is 5.54. The molecule has 12 heteroatoms. The summed E-state index contributed by atoms with van der Waals surface area (Å²) in [6, 6.07) is 36.0. The minimum absolute atomic E-state index is 0.282. The van der Waals surface area contributed by atoms with Crippen LogP contribution < -0.4 is 4.90 Å². The minimum Gasteiger partial charge on any atom is -0.378 e. The molecule has 0 atom stereocenters. The van der Waals surface area contributed by atoms with Gasteiger partial charge in [-0.3, -0.25) is 9.97 Å². The first-order chi connectivity index (χ1) is 25.4. The van der Waals surface area contributed by atoms with Gasteiger partial charge >= 0.3 is 0 Å². The molecule has 0 spiro atoms. The van der Waals surface area contributed by atoms with Gasteiger partial charge in [0.2, 0.25) is 0 Å². The van der Waals surface area contributed by atoms with E-state index >= 15 is 0 Å². The highest BCUT2D eigenvalue weighted by atomic mass is 79.9. The molecule has 8 rings (SSSR count). The van der Waals surface area contributed by atoms with Gasteiger partial charge in [-0.05, 0) is 121 Å². The maximum absolute atomic E-state index is 13.3. The zero-order valence-electron chi connectivity index (χ0n) is 28.0. The number of hydrogen-bond donors (Lipinski definition) is 0. The number of pyridine rings is 2. The fraction of sp³-hybridized carbons (Fsp3) is 0.0500. The first kappa shape index (κ1) is 34.1. The lowest BCUT2D eigenvalue weighted by molar-refractivity contribution is 0.627. The zero-order valence-corrected chi connectivity index (χ0v) is 29.6. The smallest absolute Gasteiger partial charge is 0.123 e. The van der Waals surface area contributed by atoms with E-state index in [-0.39, 0.29) is 11.6 Å². The van der Waals surface area contributed by atoms with E-state index in [4.69, 9.17) is 0 Å². The summed E-state index contributed by atoms with van der Waals surface area (Å²) in [5, 5.41) is 17.4. The second kappa shape index (κ2) is 15.2. The van der Waals surface area contributed by atoms with Crippen molar-refractivity contribution in [2.24, 2.45) is 0 Å². The number of anilines is 1. The van der Waals surface area contributed by atoms with Crippen molar-refractivity contribution in [2.75, 3.05) is 19.0 Å². The molecule has 0 unspecified atom stereocenters. The van der Waals surface area contributed by atoms with Crippen LogP contribution in [0.5, 0.6) is 0 Å². The lowest BCUT2D eigenvalue weighted by Crippen LogP contribution is -2.08. The Balaban J connectivity index is 0.000000162. The first-order valence-corrected chi connectivity index (χ1v) is 16.9. The van der Waals surface area contributed by atoms with Crippen LogP contribution in [-0.2, 0) is 0 Å². The second-order valence-electron chi connectivity index (χ2n) is 11.8. The molecule has 4 aromatic heterocycles. The molecule has 0 bridgehead atoms. The molecule has 52 heavy (non-hydrogen) atoms. The van der Waals surface area contributed by atoms with E-state index in [1.54, 1.807) is 58.4 Å². The van der Waals surface area contributed by atoms with Gasteiger partial charge in [0.1, 0.15) is 34.4 Å². The molecule has 4 aromatic carbocycles. The highest BCUT2D eigenvalue weighted by Crippen LogP contribution is 2.34. The molecule has 0 amide bonds. The van der Waals surface area contributed by atoms with Gasteiger partial charge in [-0.2, -0.15) is 0 Å². The summed E-state index contributed by atoms with van der Waals surface area (Å²) in [7, 11) is 4.00. The van der Waals surface area contributed by atoms with E-state index in [0.717, 1.165) is 55.2 Å². The average molecular weight is 755 g/mol. The molecule has 9 nitrogen and oxygen atoms in total. The molecular weight excluding hydrogens is 724 g/mol. The molecule has 0 aliphatic heterocycles. The van der Waals surface area contributed by atoms with Crippen molar-refractivity contribution in [1.29, 1.82) is 0 Å². The van der Waals surface area contributed by atoms with Crippen molar-refractivity contribution < 1.29 is 8.78 Å². The monoisotopic (exact) mass is 753 g/mol. The van der Waals surface area contributed by atoms with Gasteiger partial charge in [0.25, 0.3) is 0 Å². The van der Waals surface area contributed by atoms with Crippen molar-refractivity contribution in [1.82, 2.24) is 40.0 Å². The number of rotatable bonds is 7. The quantitative estimate of drug-likeness (QED) is 0.160. The standard InChI is InChI=1S/C21H18FN5.C19H12BrFN4/c1-26(2)18-7-9-19(10-8-18)27-21(16-11-13-23-14-12-16)20(24-25-27)15-3-5-17(22)6-4-15;20-15-3-7-17(8-4-15)25-19(14-9-11-22-12-10-14)18(23-24-25)13-1-5-16(21)6-2-13/h3-14H,1-2H3;1-12H. The largest absolute Gasteiger partial charge is 0.378 e. The van der Waals surface area contributed by atoms with Crippen LogP contribution in [0, 0.1) is 11.6 Å². The number of nitrogens with zero attached hydrogens (tertiary/aromatic N) is 9. The summed E-state index contributed by atoms with van der Waals surface area (Å²) in [5.74, 6) is -0.564. The van der Waals surface area contributed by atoms with Crippen LogP contribution in [0.25, 0.3) is 56.4 Å². The Morgan fingerprint density at radius 1 is 0.481 bits per heavy atom. The van der Waals surface area contributed by atoms with Gasteiger partial charge in [0, 0.05) is 71.3 Å². The van der Waals surface area contributed by atoms with Gasteiger partial charge < -0.3 is 4.90 Å². The van der Waals surface area contributed by atoms with E-state index in [9.17, 15) is 8.78 Å². The summed E-state index contributed by atoms with van der Waals surface area (Å²) in [4.78, 5) is 10.2. The van der Waals surface area contributed by atoms with Crippen molar-refractivity contribution >= 4 is 21.6 Å². The van der Waals surface area contributed by atoms with E-state index < -0.39 is 0 Å². The number of hydrogen-bond acceptors (Lipinski definition) is 7. The molecule has 0 N–H and O–H groups in total. The third kappa shape index (κ3) is 7.37. The lowest BCUT2D eigenvalue weighted by atomic mass is 10.1. The Bertz CT molecular complexity index is 2320. The Hall–Kier alpha value is -6.40. The number of aromatic nitrogens is 8. The zero-order chi connectivity index (χ0) is 36.0. The highest BCUT2D eigenvalue weighted by Gasteiger charge is 2.19. The molecule has 4 heterocycles. The van der Waals surface area contributed by atoms with Gasteiger partial charge in [-0.1, -0.05) is 26.4 Å². The second-order valence-corrected chi connectivity index (χ2v) is 12.7. The summed E-state index contributed by atoms with van der Waals surface area (Å²) >= 11 is 3.44. The van der Waals surface area contributed by atoms with Crippen molar-refractivity contribution in [3.63, 3.8) is 0 Å². The first-order valence-electron chi connectivity index (χ1n) is 16.1. The van der Waals surface area contributed by atoms with Crippen LogP contribution in [0.3, 0.4) is 0 Å². The lowest BCUT2D eigenvalue weighted by Gasteiger charge is -2.13. The summed E-state index contributed by atoms with van der Waals surface area (Å²) in [6.07, 6.45) is 6.91. The molecule has 0 saturated heterocycles. The molecule has 8 aromatic rings. The van der Waals surface area contributed by atoms with Crippen LogP contribution in [0.4, 0.5) is 14.5 Å². The predicted octanol–water partition coefficient (Wildman–Crippen LogP) is 9.10. The number of benzene rings is 4. The molecule has 0 aliphatic rings. The van der Waals surface area contributed by atoms with Crippen LogP contribution in [0.15, 0.2) is 151 Å². The van der Waals surface area contributed by atoms with Gasteiger partial charge in [-0.15, -0.1) is 10.2 Å². The normalized spacial score (nSPS) is 10.8. The van der Waals surface area contributed by atoms with Gasteiger partial charge in [0.15, 0.2) is 0 Å². The fourth-order valence-corrected chi connectivity index (χ4v) is 5.81. The molecule has 0 fully saturated rings. The van der Waals surface area contributed by atoms with Gasteiger partial charge in [-0.25, -0.2) is 18.1 Å². The molecular formula is C40H30BrF2N9. The SMILES string of the molecule is CN(C)c1ccc(-n2nnc(-c3ccc(F)cc3)c2-c2ccncc2)cc1.Fc1ccc(-c2nnn(-c3ccc(Br)cc3)c2-c2ccncc2)cc1. The third-order valence-electron chi connectivity index (χ3n) is 8.17. The van der Waals surface area contributed by atoms with Crippen LogP contribution in [0.1, 0.15) is 0 Å². The Morgan fingerprint density at radius 3 is 1.25 bits per heavy atom. The van der Waals surface area contributed by atoms with Crippen molar-refractivity contribution in [3.05, 3.63) is 162 Å². The van der Waals surface area contributed by atoms with Crippen LogP contribution in [0.2, 0.25) is 0 Å². The van der Waals surface area contributed by atoms with E-state index in [1.807, 2.05) is 91.8 Å². The molecule has 0 radical (unpaired) electrons. The molecule has 0 saturated carbocycles. The van der Waals surface area contributed by atoms with Crippen LogP contribution in [-0.4, -0.2) is 54.1 Å². The Morgan fingerprint density at radius 2 is 0.865 bits per heavy atom.